The molecule has 0 amide bonds. The molecule has 1 aliphatic carbocycles. The molecule has 3 heterocycles. The van der Waals surface area contributed by atoms with E-state index in [1.54, 1.807) is 33.1 Å². The van der Waals surface area contributed by atoms with E-state index in [4.69, 9.17) is 0 Å². The number of rotatable bonds is 6. The largest absolute Gasteiger partial charge is 0.313 e. The fourth-order valence-electron chi connectivity index (χ4n) is 4.31. The van der Waals surface area contributed by atoms with Crippen LogP contribution in [0.25, 0.3) is 10.2 Å². The van der Waals surface area contributed by atoms with Crippen LogP contribution in [0.2, 0.25) is 0 Å². The summed E-state index contributed by atoms with van der Waals surface area (Å²) in [4.78, 5) is 19.9. The van der Waals surface area contributed by atoms with Gasteiger partial charge in [0.25, 0.3) is 5.56 Å². The van der Waals surface area contributed by atoms with Crippen molar-refractivity contribution in [2.45, 2.75) is 38.3 Å². The molecule has 0 fully saturated rings. The predicted molar refractivity (Wildman–Crippen MR) is 120 cm³/mol. The van der Waals surface area contributed by atoms with Crippen molar-refractivity contribution in [1.82, 2.24) is 24.6 Å². The Labute approximate surface area is 183 Å². The third kappa shape index (κ3) is 4.18. The van der Waals surface area contributed by atoms with E-state index >= 15 is 0 Å². The Kier molecular flexibility index (Phi) is 5.41. The molecule has 0 saturated carbocycles. The Hall–Kier alpha value is -2.84. The van der Waals surface area contributed by atoms with Gasteiger partial charge in [0.1, 0.15) is 10.6 Å². The van der Waals surface area contributed by atoms with Crippen LogP contribution in [0.1, 0.15) is 28.0 Å². The molecule has 6 nitrogen and oxygen atoms in total. The third-order valence-electron chi connectivity index (χ3n) is 5.91. The molecule has 1 aromatic carbocycles. The molecule has 0 saturated heterocycles. The van der Waals surface area contributed by atoms with Gasteiger partial charge in [-0.3, -0.25) is 14.0 Å². The first-order valence-corrected chi connectivity index (χ1v) is 11.3. The fourth-order valence-corrected chi connectivity index (χ4v) is 5.57. The van der Waals surface area contributed by atoms with E-state index in [1.807, 2.05) is 25.4 Å². The maximum atomic E-state index is 13.2. The van der Waals surface area contributed by atoms with Crippen LogP contribution in [0.4, 0.5) is 4.39 Å². The number of aromatic nitrogens is 4. The van der Waals surface area contributed by atoms with Crippen molar-refractivity contribution >= 4 is 21.6 Å². The second kappa shape index (κ2) is 8.36. The van der Waals surface area contributed by atoms with Gasteiger partial charge in [-0.05, 0) is 55.5 Å². The van der Waals surface area contributed by atoms with Crippen LogP contribution in [-0.4, -0.2) is 31.9 Å². The quantitative estimate of drug-likeness (QED) is 0.504. The van der Waals surface area contributed by atoms with Crippen LogP contribution in [0.5, 0.6) is 0 Å². The number of halogens is 1. The van der Waals surface area contributed by atoms with Gasteiger partial charge in [-0.2, -0.15) is 5.10 Å². The van der Waals surface area contributed by atoms with E-state index in [9.17, 15) is 9.18 Å². The summed E-state index contributed by atoms with van der Waals surface area (Å²) in [6.45, 7) is 1.33. The van der Waals surface area contributed by atoms with E-state index in [-0.39, 0.29) is 11.4 Å². The van der Waals surface area contributed by atoms with Crippen molar-refractivity contribution < 1.29 is 4.39 Å². The predicted octanol–water partition coefficient (Wildman–Crippen LogP) is 3.07. The molecule has 1 aliphatic rings. The van der Waals surface area contributed by atoms with Gasteiger partial charge >= 0.3 is 0 Å². The number of nitrogens with zero attached hydrogens (tertiary/aromatic N) is 4. The molecular formula is C23H24FN5OS. The third-order valence-corrected chi connectivity index (χ3v) is 7.07. The number of hydrogen-bond donors (Lipinski definition) is 1. The van der Waals surface area contributed by atoms with Crippen LogP contribution in [-0.2, 0) is 32.9 Å². The van der Waals surface area contributed by atoms with Crippen molar-refractivity contribution in [3.63, 3.8) is 0 Å². The minimum atomic E-state index is -0.200. The van der Waals surface area contributed by atoms with Crippen molar-refractivity contribution in [1.29, 1.82) is 0 Å². The normalized spacial score (nSPS) is 16.0. The van der Waals surface area contributed by atoms with E-state index < -0.39 is 0 Å². The number of aryl methyl sites for hydroxylation is 2. The summed E-state index contributed by atoms with van der Waals surface area (Å²) in [5, 5.41) is 8.60. The Balaban J connectivity index is 1.29. The lowest BCUT2D eigenvalue weighted by molar-refractivity contribution is 0.466. The average molecular weight is 438 g/mol. The average Bonchev–Trinajstić information content (AvgIpc) is 3.34. The molecule has 1 unspecified atom stereocenters. The number of nitrogens with one attached hydrogen (secondary N) is 1. The van der Waals surface area contributed by atoms with E-state index in [2.05, 4.69) is 15.4 Å². The molecule has 8 heteroatoms. The van der Waals surface area contributed by atoms with Gasteiger partial charge in [0.05, 0.1) is 24.5 Å². The summed E-state index contributed by atoms with van der Waals surface area (Å²) in [5.74, 6) is -0.200. The topological polar surface area (TPSA) is 64.7 Å². The summed E-state index contributed by atoms with van der Waals surface area (Å²) >= 11 is 1.65. The van der Waals surface area contributed by atoms with Crippen LogP contribution in [0, 0.1) is 5.82 Å². The molecule has 0 spiro atoms. The summed E-state index contributed by atoms with van der Waals surface area (Å²) in [7, 11) is 1.87. The zero-order valence-corrected chi connectivity index (χ0v) is 18.2. The molecule has 0 radical (unpaired) electrons. The van der Waals surface area contributed by atoms with Gasteiger partial charge in [0, 0.05) is 29.7 Å². The van der Waals surface area contributed by atoms with Gasteiger partial charge in [-0.15, -0.1) is 11.3 Å². The molecule has 0 bridgehead atoms. The first kappa shape index (κ1) is 20.1. The van der Waals surface area contributed by atoms with Gasteiger partial charge < -0.3 is 5.32 Å². The summed E-state index contributed by atoms with van der Waals surface area (Å²) in [5.41, 5.74) is 3.33. The van der Waals surface area contributed by atoms with Crippen LogP contribution in [0.3, 0.4) is 0 Å². The SMILES string of the molecule is Cn1cc(Cn2cnc3sc4c(c3c2=O)CCC(NCCc2ccc(F)cc2)C4)cn1. The molecule has 160 valence electrons. The Bertz CT molecular complexity index is 1270. The lowest BCUT2D eigenvalue weighted by Gasteiger charge is -2.23. The van der Waals surface area contributed by atoms with Crippen molar-refractivity contribution in [2.24, 2.45) is 7.05 Å². The van der Waals surface area contributed by atoms with Gasteiger partial charge in [0.2, 0.25) is 0 Å². The van der Waals surface area contributed by atoms with E-state index in [0.717, 1.165) is 53.6 Å². The summed E-state index contributed by atoms with van der Waals surface area (Å²) in [6, 6.07) is 7.08. The van der Waals surface area contributed by atoms with E-state index in [0.29, 0.717) is 12.6 Å². The number of thiophene rings is 1. The molecule has 1 N–H and O–H groups in total. The summed E-state index contributed by atoms with van der Waals surface area (Å²) < 4.78 is 16.5. The number of hydrogen-bond acceptors (Lipinski definition) is 5. The molecule has 31 heavy (non-hydrogen) atoms. The molecule has 3 aromatic heterocycles. The lowest BCUT2D eigenvalue weighted by atomic mass is 9.93. The highest BCUT2D eigenvalue weighted by atomic mass is 32.1. The smallest absolute Gasteiger partial charge is 0.262 e. The Morgan fingerprint density at radius 1 is 1.26 bits per heavy atom. The molecule has 4 aromatic rings. The first-order chi connectivity index (χ1) is 15.1. The lowest BCUT2D eigenvalue weighted by Crippen LogP contribution is -2.35. The Morgan fingerprint density at radius 3 is 2.87 bits per heavy atom. The minimum absolute atomic E-state index is 0.0362. The van der Waals surface area contributed by atoms with Gasteiger partial charge in [0.15, 0.2) is 0 Å². The van der Waals surface area contributed by atoms with Crippen LogP contribution in [0.15, 0.2) is 47.8 Å². The molecule has 0 aliphatic heterocycles. The highest BCUT2D eigenvalue weighted by Gasteiger charge is 2.25. The number of fused-ring (bicyclic) bond motifs is 3. The van der Waals surface area contributed by atoms with Crippen LogP contribution >= 0.6 is 11.3 Å². The fraction of sp³-hybridized carbons (Fsp3) is 0.348. The Morgan fingerprint density at radius 2 is 2.10 bits per heavy atom. The minimum Gasteiger partial charge on any atom is -0.313 e. The monoisotopic (exact) mass is 437 g/mol. The van der Waals surface area contributed by atoms with Crippen molar-refractivity contribution in [3.8, 4) is 0 Å². The van der Waals surface area contributed by atoms with Gasteiger partial charge in [-0.25, -0.2) is 9.37 Å². The van der Waals surface area contributed by atoms with Crippen LogP contribution < -0.4 is 10.9 Å². The summed E-state index contributed by atoms with van der Waals surface area (Å²) in [6.07, 6.45) is 9.02. The van der Waals surface area contributed by atoms with Crippen molar-refractivity contribution in [2.75, 3.05) is 6.54 Å². The van der Waals surface area contributed by atoms with E-state index in [1.165, 1.54) is 22.6 Å². The van der Waals surface area contributed by atoms with Gasteiger partial charge in [-0.1, -0.05) is 12.1 Å². The first-order valence-electron chi connectivity index (χ1n) is 10.5. The zero-order valence-electron chi connectivity index (χ0n) is 17.3. The zero-order chi connectivity index (χ0) is 21.4. The molecular weight excluding hydrogens is 413 g/mol. The van der Waals surface area contributed by atoms with Crippen molar-refractivity contribution in [3.05, 3.63) is 80.7 Å². The molecule has 1 atom stereocenters. The second-order valence-electron chi connectivity index (χ2n) is 8.15. The maximum Gasteiger partial charge on any atom is 0.262 e. The number of benzene rings is 1. The highest BCUT2D eigenvalue weighted by molar-refractivity contribution is 7.18. The standard InChI is InChI=1S/C23H24FN5OS/c1-28-12-16(11-27-28)13-29-14-26-22-21(23(29)30)19-7-6-18(10-20(19)31-22)25-9-8-15-2-4-17(24)5-3-15/h2-5,11-12,14,18,25H,6-10,13H2,1H3. The second-order valence-corrected chi connectivity index (χ2v) is 9.24. The highest BCUT2D eigenvalue weighted by Crippen LogP contribution is 2.33. The molecule has 5 rings (SSSR count). The maximum absolute atomic E-state index is 13.2.